The molecule has 6 heterocycles. The highest BCUT2D eigenvalue weighted by Crippen LogP contribution is 2.42. The molecule has 0 saturated carbocycles. The first-order chi connectivity index (χ1) is 56.9. The first-order valence-corrected chi connectivity index (χ1v) is 43.1. The van der Waals surface area contributed by atoms with Crippen LogP contribution in [0.1, 0.15) is 220 Å². The molecule has 6 aliphatic heterocycles. The largest absolute Gasteiger partial charge is 0.477 e. The molecule has 35 atom stereocenters. The number of rotatable bonds is 58. The number of nitrogens with one attached hydrogen (secondary N) is 2. The second-order valence-corrected chi connectivity index (χ2v) is 32.7. The predicted molar refractivity (Wildman–Crippen MR) is 411 cm³/mol. The third kappa shape index (κ3) is 30.6. The van der Waals surface area contributed by atoms with Gasteiger partial charge in [-0.3, -0.25) is 9.59 Å². The van der Waals surface area contributed by atoms with Crippen molar-refractivity contribution < 1.29 is 189 Å². The summed E-state index contributed by atoms with van der Waals surface area (Å²) in [5.41, 5.74) is 0. The number of aliphatic hydroxyl groups is 22. The topological polar surface area (TPSA) is 651 Å². The highest BCUT2D eigenvalue weighted by molar-refractivity contribution is 5.80. The Labute approximate surface area is 694 Å². The highest BCUT2D eigenvalue weighted by atomic mass is 16.8. The average molecular weight is 1730 g/mol. The average Bonchev–Trinajstić information content (AvgIpc) is 1.32. The van der Waals surface area contributed by atoms with E-state index >= 15 is 0 Å². The van der Waals surface area contributed by atoms with Gasteiger partial charge >= 0.3 is 5.97 Å². The summed E-state index contributed by atoms with van der Waals surface area (Å²) in [6.07, 6.45) is -36.5. The summed E-state index contributed by atoms with van der Waals surface area (Å²) in [5.74, 6) is -7.52. The zero-order valence-corrected chi connectivity index (χ0v) is 68.9. The minimum atomic E-state index is -3.44. The summed E-state index contributed by atoms with van der Waals surface area (Å²) >= 11 is 0. The molecule has 6 saturated heterocycles. The Morgan fingerprint density at radius 3 is 1.27 bits per heavy atom. The number of carbonyl (C=O) groups excluding carboxylic acids is 2. The number of carbonyl (C=O) groups is 3. The lowest BCUT2D eigenvalue weighted by Crippen LogP contribution is -2.72. The number of carboxylic acids is 1. The van der Waals surface area contributed by atoms with Crippen molar-refractivity contribution in [3.63, 3.8) is 0 Å². The number of hydrogen-bond acceptors (Lipinski definition) is 37. The van der Waals surface area contributed by atoms with Gasteiger partial charge in [0.25, 0.3) is 5.79 Å². The Morgan fingerprint density at radius 1 is 0.420 bits per heavy atom. The molecule has 698 valence electrons. The number of aliphatic hydroxyl groups excluding tert-OH is 22. The van der Waals surface area contributed by atoms with Crippen molar-refractivity contribution in [2.75, 3.05) is 46.2 Å². The summed E-state index contributed by atoms with van der Waals surface area (Å²) in [6, 6.07) is -3.43. The lowest BCUT2D eigenvalue weighted by atomic mass is 9.87. The zero-order valence-electron chi connectivity index (χ0n) is 68.9. The van der Waals surface area contributed by atoms with Crippen LogP contribution < -0.4 is 10.6 Å². The Hall–Kier alpha value is -2.95. The third-order valence-corrected chi connectivity index (χ3v) is 23.3. The quantitative estimate of drug-likeness (QED) is 0.0256. The summed E-state index contributed by atoms with van der Waals surface area (Å²) in [4.78, 5) is 40.7. The van der Waals surface area contributed by atoms with Crippen LogP contribution in [0.2, 0.25) is 0 Å². The molecular formula is C79H144N2O38. The molecule has 6 fully saturated rings. The molecular weight excluding hydrogens is 1580 g/mol. The number of carboxylic acid groups (broad SMARTS) is 1. The molecule has 0 unspecified atom stereocenters. The van der Waals surface area contributed by atoms with Crippen molar-refractivity contribution >= 4 is 17.8 Å². The smallest absolute Gasteiger partial charge is 0.364 e. The van der Waals surface area contributed by atoms with Crippen LogP contribution in [-0.2, 0) is 71.2 Å². The zero-order chi connectivity index (χ0) is 87.6. The molecule has 119 heavy (non-hydrogen) atoms. The van der Waals surface area contributed by atoms with Crippen LogP contribution in [0, 0.1) is 0 Å². The van der Waals surface area contributed by atoms with Crippen molar-refractivity contribution in [1.82, 2.24) is 10.6 Å². The van der Waals surface area contributed by atoms with Crippen LogP contribution in [0.15, 0.2) is 0 Å². The van der Waals surface area contributed by atoms with E-state index < -0.39 is 285 Å². The van der Waals surface area contributed by atoms with Gasteiger partial charge in [0.15, 0.2) is 31.5 Å². The van der Waals surface area contributed by atoms with E-state index in [4.69, 9.17) is 56.8 Å². The summed E-state index contributed by atoms with van der Waals surface area (Å²) in [6.45, 7) is -2.23. The number of amides is 2. The maximum absolute atomic E-state index is 13.9. The SMILES string of the molecule is CCCCCCCCCCCCCCCCCCCC[C@@H](O)C(=O)N[C@@H](CO[C@@H]1O[C@H](CO)[C@@H](O[C@@H]2O[C@H](CO)[C@H](O[C@]3(C(=O)O)C[C@H](O[C@H]4O[C@H](CO)[C@H](O)[C@H](O[C@H]5O[C@H](CO)[C@H](O)[C@H](O[C@@H]6O[C@@H]([C@H](O)CO)[C@H](O)[C@H]6O)[C@H]5O)[C@H]4O)[C@@H](NC(C)=O)[C@H]([C@H](O)[C@H](O)CO)O3)[C@H](O)[C@H]2O)[C@H](O)[C@H]1O)[C@H](O)[C@H](O)CCCCCCCCCCCC. The molecule has 0 aliphatic carbocycles. The minimum absolute atomic E-state index is 0.0821. The van der Waals surface area contributed by atoms with E-state index in [1.54, 1.807) is 0 Å². The van der Waals surface area contributed by atoms with Gasteiger partial charge < -0.3 is 185 Å². The lowest BCUT2D eigenvalue weighted by molar-refractivity contribution is -0.395. The molecule has 0 bridgehead atoms. The molecule has 0 aromatic carbocycles. The van der Waals surface area contributed by atoms with Gasteiger partial charge in [-0.1, -0.05) is 194 Å². The predicted octanol–water partition coefficient (Wildman–Crippen LogP) is -4.42. The number of ether oxygens (including phenoxy) is 12. The van der Waals surface area contributed by atoms with Crippen molar-refractivity contribution in [2.45, 2.75) is 434 Å². The maximum atomic E-state index is 13.9. The standard InChI is InChI=1S/C79H144N2O38/c1-4-6-8-10-12-14-16-17-18-19-20-21-22-23-25-27-29-31-33-45(90)72(105)81-43(54(93)44(89)32-30-28-26-24-15-13-11-9-7-5-2)41-108-73-61(100)59(98)67(51(39-86)112-73)115-74-63(102)60(99)68(52(40-87)113-74)118-79(78(106)107)34-48(53(80-42(3)88)69(119-79)55(94)46(91)35-82)109-76-64(103)70(56(95)49(37-84)110-76)117-77-65(104)71(57(96)50(38-85)111-77)116-75-62(101)58(97)66(114-75)47(92)36-83/h43-71,73-77,82-87,89-104H,4-41H2,1-3H3,(H,80,88)(H,81,105)(H,106,107)/t43-,44+,45+,46+,47+,48-,49+,50+,51+,52+,53+,54-,55+,56-,57-,58+,59+,60+,61+,62+,63+,64+,65+,66-,67+,68-,69+,70-,71-,73+,74-,75-,76-,77+,79+/m0/s1. The second-order valence-electron chi connectivity index (χ2n) is 32.7. The lowest BCUT2D eigenvalue weighted by Gasteiger charge is -2.52. The van der Waals surface area contributed by atoms with Crippen molar-refractivity contribution in [1.29, 1.82) is 0 Å². The molecule has 6 aliphatic rings. The molecule has 2 amide bonds. The summed E-state index contributed by atoms with van der Waals surface area (Å²) in [7, 11) is 0. The van der Waals surface area contributed by atoms with Crippen LogP contribution in [0.25, 0.3) is 0 Å². The molecule has 0 aromatic heterocycles. The Bertz CT molecular complexity index is 2770. The second kappa shape index (κ2) is 54.3. The molecule has 25 N–H and O–H groups in total. The van der Waals surface area contributed by atoms with Gasteiger partial charge in [0.05, 0.1) is 70.5 Å². The molecule has 40 nitrogen and oxygen atoms in total. The first kappa shape index (κ1) is 105. The third-order valence-electron chi connectivity index (χ3n) is 23.3. The Balaban J connectivity index is 1.13. The normalized spacial score (nSPS) is 36.3. The fraction of sp³-hybridized carbons (Fsp3) is 0.962. The number of unbranched alkanes of at least 4 members (excludes halogenated alkanes) is 26. The van der Waals surface area contributed by atoms with E-state index in [2.05, 4.69) is 24.5 Å². The van der Waals surface area contributed by atoms with E-state index in [0.29, 0.717) is 12.8 Å². The Kier molecular flexibility index (Phi) is 47.8. The number of aliphatic carboxylic acids is 1. The van der Waals surface area contributed by atoms with Crippen LogP contribution in [0.4, 0.5) is 0 Å². The van der Waals surface area contributed by atoms with E-state index in [1.165, 1.54) is 89.9 Å². The monoisotopic (exact) mass is 1730 g/mol. The minimum Gasteiger partial charge on any atom is -0.477 e. The maximum Gasteiger partial charge on any atom is 0.364 e. The van der Waals surface area contributed by atoms with Crippen molar-refractivity contribution in [2.24, 2.45) is 0 Å². The first-order valence-electron chi connectivity index (χ1n) is 43.1. The molecule has 0 spiro atoms. The van der Waals surface area contributed by atoms with Crippen LogP contribution in [-0.4, -0.2) is 396 Å². The van der Waals surface area contributed by atoms with Gasteiger partial charge in [0.2, 0.25) is 11.8 Å². The summed E-state index contributed by atoms with van der Waals surface area (Å²) in [5, 5.41) is 260. The molecule has 40 heteroatoms. The van der Waals surface area contributed by atoms with E-state index in [1.807, 2.05) is 0 Å². The highest BCUT2D eigenvalue weighted by Gasteiger charge is 2.63. The van der Waals surface area contributed by atoms with E-state index in [0.717, 1.165) is 84.0 Å². The summed E-state index contributed by atoms with van der Waals surface area (Å²) < 4.78 is 69.8. The van der Waals surface area contributed by atoms with Crippen molar-refractivity contribution in [3.8, 4) is 0 Å². The van der Waals surface area contributed by atoms with Gasteiger partial charge in [0.1, 0.15) is 153 Å². The van der Waals surface area contributed by atoms with Gasteiger partial charge in [0, 0.05) is 13.3 Å². The van der Waals surface area contributed by atoms with E-state index in [9.17, 15) is 132 Å². The van der Waals surface area contributed by atoms with Gasteiger partial charge in [-0.2, -0.15) is 0 Å². The molecule has 0 aromatic rings. The van der Waals surface area contributed by atoms with Crippen LogP contribution >= 0.6 is 0 Å². The van der Waals surface area contributed by atoms with E-state index in [-0.39, 0.29) is 12.8 Å². The van der Waals surface area contributed by atoms with Crippen LogP contribution in [0.5, 0.6) is 0 Å². The van der Waals surface area contributed by atoms with Gasteiger partial charge in [-0.25, -0.2) is 4.79 Å². The number of hydrogen-bond donors (Lipinski definition) is 25. The fourth-order valence-electron chi connectivity index (χ4n) is 16.1. The fourth-order valence-corrected chi connectivity index (χ4v) is 16.1. The molecule has 6 rings (SSSR count). The van der Waals surface area contributed by atoms with Crippen LogP contribution in [0.3, 0.4) is 0 Å². The van der Waals surface area contributed by atoms with Crippen molar-refractivity contribution in [3.05, 3.63) is 0 Å². The molecule has 0 radical (unpaired) electrons. The Morgan fingerprint density at radius 2 is 0.815 bits per heavy atom. The van der Waals surface area contributed by atoms with Gasteiger partial charge in [-0.05, 0) is 12.8 Å². The van der Waals surface area contributed by atoms with Gasteiger partial charge in [-0.15, -0.1) is 0 Å².